The number of halogens is 1. The lowest BCUT2D eigenvalue weighted by atomic mass is 10.1. The third kappa shape index (κ3) is 3.71. The van der Waals surface area contributed by atoms with Crippen molar-refractivity contribution in [1.29, 1.82) is 0 Å². The molecule has 0 aliphatic heterocycles. The number of nitrogens with zero attached hydrogens (tertiary/aromatic N) is 1. The van der Waals surface area contributed by atoms with E-state index >= 15 is 0 Å². The fourth-order valence-corrected chi connectivity index (χ4v) is 2.46. The molecule has 0 aliphatic carbocycles. The quantitative estimate of drug-likeness (QED) is 0.794. The van der Waals surface area contributed by atoms with Crippen molar-refractivity contribution in [3.05, 3.63) is 36.0 Å². The van der Waals surface area contributed by atoms with Crippen LogP contribution in [0.5, 0.6) is 5.75 Å². The fraction of sp³-hybridized carbons (Fsp3) is 0.250. The minimum Gasteiger partial charge on any atom is -0.493 e. The van der Waals surface area contributed by atoms with Crippen LogP contribution in [0.1, 0.15) is 12.6 Å². The van der Waals surface area contributed by atoms with Crippen molar-refractivity contribution in [3.8, 4) is 17.1 Å². The summed E-state index contributed by atoms with van der Waals surface area (Å²) in [6, 6.07) is 8.83. The highest BCUT2D eigenvalue weighted by atomic mass is 35.7. The largest absolute Gasteiger partial charge is 0.493 e. The number of hydrogen-bond donors (Lipinski definition) is 0. The lowest BCUT2D eigenvalue weighted by Gasteiger charge is -2.06. The van der Waals surface area contributed by atoms with Crippen LogP contribution in [0.4, 0.5) is 0 Å². The second kappa shape index (κ2) is 5.63. The Labute approximate surface area is 115 Å². The van der Waals surface area contributed by atoms with Crippen LogP contribution in [-0.4, -0.2) is 20.2 Å². The highest BCUT2D eigenvalue weighted by Crippen LogP contribution is 2.30. The highest BCUT2D eigenvalue weighted by molar-refractivity contribution is 8.13. The van der Waals surface area contributed by atoms with E-state index in [1.165, 1.54) is 6.07 Å². The first-order valence-electron chi connectivity index (χ1n) is 5.59. The average molecular weight is 302 g/mol. The smallest absolute Gasteiger partial charge is 0.238 e. The average Bonchev–Trinajstić information content (AvgIpc) is 2.76. The molecule has 0 saturated heterocycles. The Kier molecular flexibility index (Phi) is 4.11. The molecule has 5 nitrogen and oxygen atoms in total. The van der Waals surface area contributed by atoms with Crippen molar-refractivity contribution in [1.82, 2.24) is 5.16 Å². The van der Waals surface area contributed by atoms with Crippen LogP contribution in [0.3, 0.4) is 0 Å². The fourth-order valence-electron chi connectivity index (χ4n) is 1.63. The zero-order valence-corrected chi connectivity index (χ0v) is 11.7. The van der Waals surface area contributed by atoms with Gasteiger partial charge in [-0.05, 0) is 19.1 Å². The van der Waals surface area contributed by atoms with Crippen molar-refractivity contribution in [2.75, 3.05) is 6.61 Å². The van der Waals surface area contributed by atoms with Gasteiger partial charge in [0.2, 0.25) is 9.05 Å². The van der Waals surface area contributed by atoms with Gasteiger partial charge in [-0.1, -0.05) is 17.3 Å². The van der Waals surface area contributed by atoms with E-state index in [1.807, 2.05) is 25.1 Å². The van der Waals surface area contributed by atoms with Crippen LogP contribution in [0.15, 0.2) is 34.9 Å². The van der Waals surface area contributed by atoms with Crippen LogP contribution in [0, 0.1) is 0 Å². The SMILES string of the molecule is CCOc1ccccc1-c1cc(CS(=O)(=O)Cl)no1. The molecular formula is C12H12ClNO4S. The van der Waals surface area contributed by atoms with Gasteiger partial charge in [0.25, 0.3) is 0 Å². The molecule has 0 atom stereocenters. The monoisotopic (exact) mass is 301 g/mol. The molecule has 0 unspecified atom stereocenters. The van der Waals surface area contributed by atoms with Gasteiger partial charge in [-0.15, -0.1) is 0 Å². The molecule has 2 rings (SSSR count). The molecule has 2 aromatic rings. The summed E-state index contributed by atoms with van der Waals surface area (Å²) < 4.78 is 32.5. The standard InChI is InChI=1S/C12H12ClNO4S/c1-2-17-11-6-4-3-5-10(11)12-7-9(14-18-12)8-19(13,15)16/h3-7H,2,8H2,1H3. The van der Waals surface area contributed by atoms with Crippen molar-refractivity contribution in [3.63, 3.8) is 0 Å². The molecule has 0 saturated carbocycles. The van der Waals surface area contributed by atoms with Crippen molar-refractivity contribution in [2.45, 2.75) is 12.7 Å². The van der Waals surface area contributed by atoms with Crippen LogP contribution in [0.2, 0.25) is 0 Å². The van der Waals surface area contributed by atoms with E-state index < -0.39 is 9.05 Å². The maximum atomic E-state index is 11.0. The van der Waals surface area contributed by atoms with Gasteiger partial charge in [0.05, 0.1) is 12.2 Å². The Hall–Kier alpha value is -1.53. The number of para-hydroxylation sites is 1. The molecule has 0 radical (unpaired) electrons. The predicted octanol–water partition coefficient (Wildman–Crippen LogP) is 2.81. The molecule has 0 amide bonds. The molecular weight excluding hydrogens is 290 g/mol. The lowest BCUT2D eigenvalue weighted by molar-refractivity contribution is 0.339. The molecule has 7 heteroatoms. The zero-order chi connectivity index (χ0) is 13.9. The summed E-state index contributed by atoms with van der Waals surface area (Å²) in [4.78, 5) is 0. The first-order valence-corrected chi connectivity index (χ1v) is 8.07. The van der Waals surface area contributed by atoms with Gasteiger partial charge in [-0.2, -0.15) is 0 Å². The normalized spacial score (nSPS) is 11.5. The summed E-state index contributed by atoms with van der Waals surface area (Å²) in [5.41, 5.74) is 0.978. The molecule has 102 valence electrons. The van der Waals surface area contributed by atoms with Crippen molar-refractivity contribution >= 4 is 19.7 Å². The number of aromatic nitrogens is 1. The minimum absolute atomic E-state index is 0.260. The Morgan fingerprint density at radius 2 is 2.11 bits per heavy atom. The first kappa shape index (κ1) is 13.9. The molecule has 1 aromatic carbocycles. The molecule has 0 spiro atoms. The lowest BCUT2D eigenvalue weighted by Crippen LogP contribution is -1.94. The van der Waals surface area contributed by atoms with Gasteiger partial charge in [0.15, 0.2) is 5.76 Å². The Balaban J connectivity index is 2.33. The maximum absolute atomic E-state index is 11.0. The summed E-state index contributed by atoms with van der Waals surface area (Å²) in [6.07, 6.45) is 0. The van der Waals surface area contributed by atoms with Crippen LogP contribution < -0.4 is 4.74 Å². The van der Waals surface area contributed by atoms with Gasteiger partial charge in [-0.25, -0.2) is 8.42 Å². The summed E-state index contributed by atoms with van der Waals surface area (Å²) in [5.74, 6) is 0.732. The van der Waals surface area contributed by atoms with Gasteiger partial charge >= 0.3 is 0 Å². The number of hydrogen-bond acceptors (Lipinski definition) is 5. The van der Waals surface area contributed by atoms with Crippen molar-refractivity contribution < 1.29 is 17.7 Å². The van der Waals surface area contributed by atoms with Gasteiger partial charge < -0.3 is 9.26 Å². The van der Waals surface area contributed by atoms with Crippen LogP contribution >= 0.6 is 10.7 Å². The van der Waals surface area contributed by atoms with E-state index in [4.69, 9.17) is 19.9 Å². The van der Waals surface area contributed by atoms with Gasteiger partial charge in [0, 0.05) is 16.7 Å². The second-order valence-corrected chi connectivity index (χ2v) is 6.57. The third-order valence-corrected chi connectivity index (χ3v) is 3.30. The van der Waals surface area contributed by atoms with E-state index in [0.29, 0.717) is 18.1 Å². The molecule has 0 aliphatic rings. The topological polar surface area (TPSA) is 69.4 Å². The minimum atomic E-state index is -3.65. The van der Waals surface area contributed by atoms with E-state index in [2.05, 4.69) is 5.16 Å². The summed E-state index contributed by atoms with van der Waals surface area (Å²) in [7, 11) is 1.52. The van der Waals surface area contributed by atoms with Crippen LogP contribution in [-0.2, 0) is 14.8 Å². The molecule has 19 heavy (non-hydrogen) atoms. The first-order chi connectivity index (χ1) is 8.99. The molecule has 1 aromatic heterocycles. The van der Waals surface area contributed by atoms with Crippen LogP contribution in [0.25, 0.3) is 11.3 Å². The zero-order valence-electron chi connectivity index (χ0n) is 10.2. The Morgan fingerprint density at radius 1 is 1.37 bits per heavy atom. The molecule has 0 bridgehead atoms. The summed E-state index contributed by atoms with van der Waals surface area (Å²) in [5, 5.41) is 3.69. The second-order valence-electron chi connectivity index (χ2n) is 3.79. The maximum Gasteiger partial charge on any atom is 0.238 e. The van der Waals surface area contributed by atoms with Gasteiger partial charge in [0.1, 0.15) is 17.2 Å². The summed E-state index contributed by atoms with van der Waals surface area (Å²) >= 11 is 0. The van der Waals surface area contributed by atoms with E-state index in [9.17, 15) is 8.42 Å². The third-order valence-electron chi connectivity index (χ3n) is 2.33. The number of rotatable bonds is 5. The highest BCUT2D eigenvalue weighted by Gasteiger charge is 2.15. The number of ether oxygens (including phenoxy) is 1. The van der Waals surface area contributed by atoms with E-state index in [0.717, 1.165) is 5.56 Å². The van der Waals surface area contributed by atoms with E-state index in [-0.39, 0.29) is 11.4 Å². The van der Waals surface area contributed by atoms with E-state index in [1.54, 1.807) is 6.07 Å². The Bertz CT molecular complexity index is 666. The van der Waals surface area contributed by atoms with Gasteiger partial charge in [-0.3, -0.25) is 0 Å². The molecule has 1 heterocycles. The van der Waals surface area contributed by atoms with Crippen molar-refractivity contribution in [2.24, 2.45) is 0 Å². The molecule has 0 fully saturated rings. The predicted molar refractivity (Wildman–Crippen MR) is 71.6 cm³/mol. The summed E-state index contributed by atoms with van der Waals surface area (Å²) in [6.45, 7) is 2.40. The number of benzene rings is 1. The molecule has 0 N–H and O–H groups in total. The Morgan fingerprint density at radius 3 is 2.79 bits per heavy atom.